The Morgan fingerprint density at radius 3 is 2.57 bits per heavy atom. The zero-order chi connectivity index (χ0) is 15.2. The van der Waals surface area contributed by atoms with Crippen molar-refractivity contribution in [3.05, 3.63) is 53.1 Å². The summed E-state index contributed by atoms with van der Waals surface area (Å²) < 4.78 is 2.38. The molecule has 6 heteroatoms. The fraction of sp³-hybridized carbons (Fsp3) is 0. The van der Waals surface area contributed by atoms with E-state index in [9.17, 15) is 0 Å². The summed E-state index contributed by atoms with van der Waals surface area (Å²) in [6.45, 7) is -0.250. The molecule has 0 atom stereocenters. The average Bonchev–Trinajstić information content (AvgIpc) is 2.48. The number of aromatic nitrogens is 2. The van der Waals surface area contributed by atoms with Crippen molar-refractivity contribution in [2.24, 2.45) is 0 Å². The van der Waals surface area contributed by atoms with Crippen molar-refractivity contribution < 1.29 is 9.90 Å². The van der Waals surface area contributed by atoms with Gasteiger partial charge in [-0.1, -0.05) is 0 Å². The van der Waals surface area contributed by atoms with Gasteiger partial charge in [-0.3, -0.25) is 4.79 Å². The third-order valence-electron chi connectivity index (χ3n) is 2.85. The molecule has 0 radical (unpaired) electrons. The summed E-state index contributed by atoms with van der Waals surface area (Å²) in [6, 6.07) is 14.3. The van der Waals surface area contributed by atoms with Crippen molar-refractivity contribution in [1.82, 2.24) is 9.97 Å². The second-order valence-electron chi connectivity index (χ2n) is 4.33. The van der Waals surface area contributed by atoms with Gasteiger partial charge in [-0.05, 0) is 0 Å². The number of halogens is 1. The van der Waals surface area contributed by atoms with Crippen molar-refractivity contribution in [2.45, 2.75) is 0 Å². The van der Waals surface area contributed by atoms with Crippen molar-refractivity contribution in [2.75, 3.05) is 0 Å². The van der Waals surface area contributed by atoms with Gasteiger partial charge in [0.1, 0.15) is 0 Å². The van der Waals surface area contributed by atoms with Crippen LogP contribution in [-0.2, 0) is 4.79 Å². The molecular formula is C15H10BrN2NaO2. The molecule has 0 saturated heterocycles. The fourth-order valence-electron chi connectivity index (χ4n) is 1.92. The first-order valence-electron chi connectivity index (χ1n) is 6.22. The van der Waals surface area contributed by atoms with Crippen LogP contribution in [-0.4, -0.2) is 49.5 Å². The Balaban J connectivity index is 0.000000497. The van der Waals surface area contributed by atoms with Gasteiger partial charge in [0.05, 0.1) is 0 Å². The Bertz CT molecular complexity index is 780. The molecule has 1 aromatic heterocycles. The molecule has 0 aliphatic heterocycles. The molecule has 2 aromatic carbocycles. The molecule has 21 heavy (non-hydrogen) atoms. The van der Waals surface area contributed by atoms with E-state index in [1.165, 1.54) is 2.81 Å². The monoisotopic (exact) mass is 352 g/mol. The summed E-state index contributed by atoms with van der Waals surface area (Å²) in [6.07, 6.45) is 1.84. The zero-order valence-electron chi connectivity index (χ0n) is 11.3. The number of hydrogen-bond acceptors (Lipinski definition) is 3. The number of benzene rings is 2. The van der Waals surface area contributed by atoms with Gasteiger partial charge in [-0.25, -0.2) is 0 Å². The van der Waals surface area contributed by atoms with Crippen LogP contribution in [0.15, 0.2) is 53.1 Å². The van der Waals surface area contributed by atoms with Crippen molar-refractivity contribution in [3.8, 4) is 11.3 Å². The SMILES string of the molecule is O=CO.[Na][c]1ccc2nc(-c3ccccc3Br)cnc2c1. The van der Waals surface area contributed by atoms with E-state index in [2.05, 4.69) is 38.0 Å². The molecule has 0 bridgehead atoms. The molecular weight excluding hydrogens is 343 g/mol. The minimum atomic E-state index is -0.250. The van der Waals surface area contributed by atoms with E-state index in [0.29, 0.717) is 0 Å². The first-order chi connectivity index (χ1) is 10.2. The van der Waals surface area contributed by atoms with Gasteiger partial charge < -0.3 is 5.11 Å². The predicted octanol–water partition coefficient (Wildman–Crippen LogP) is 2.55. The van der Waals surface area contributed by atoms with Crippen molar-refractivity contribution >= 4 is 64.2 Å². The standard InChI is InChI=1S/C14H8BrN2.CH2O2.Na/c15-11-6-2-1-5-10(11)14-9-16-12-7-3-4-8-13(12)17-14;2-1-3;/h1-2,4-9H;1H,(H,2,3);. The van der Waals surface area contributed by atoms with Gasteiger partial charge in [0.15, 0.2) is 0 Å². The Morgan fingerprint density at radius 2 is 1.86 bits per heavy atom. The van der Waals surface area contributed by atoms with Crippen LogP contribution < -0.4 is 2.81 Å². The van der Waals surface area contributed by atoms with Gasteiger partial charge in [0.25, 0.3) is 6.47 Å². The quantitative estimate of drug-likeness (QED) is 0.540. The van der Waals surface area contributed by atoms with Gasteiger partial charge in [-0.2, -0.15) is 0 Å². The van der Waals surface area contributed by atoms with E-state index in [0.717, 1.165) is 54.7 Å². The van der Waals surface area contributed by atoms with E-state index in [4.69, 9.17) is 9.90 Å². The second-order valence-corrected chi connectivity index (χ2v) is 6.34. The van der Waals surface area contributed by atoms with Crippen LogP contribution in [0.1, 0.15) is 0 Å². The first-order valence-corrected chi connectivity index (χ1v) is 8.01. The predicted molar refractivity (Wildman–Crippen MR) is 86.8 cm³/mol. The average molecular weight is 353 g/mol. The zero-order valence-corrected chi connectivity index (χ0v) is 14.9. The van der Waals surface area contributed by atoms with Crippen LogP contribution in [0.25, 0.3) is 22.3 Å². The molecule has 1 N–H and O–H groups in total. The van der Waals surface area contributed by atoms with Crippen LogP contribution in [0.3, 0.4) is 0 Å². The molecule has 1 heterocycles. The van der Waals surface area contributed by atoms with E-state index < -0.39 is 0 Å². The minimum absolute atomic E-state index is 0.250. The van der Waals surface area contributed by atoms with Crippen LogP contribution in [0.2, 0.25) is 0 Å². The van der Waals surface area contributed by atoms with Gasteiger partial charge in [0.2, 0.25) is 0 Å². The molecule has 3 aromatic rings. The van der Waals surface area contributed by atoms with Gasteiger partial charge >= 0.3 is 132 Å². The van der Waals surface area contributed by atoms with Gasteiger partial charge in [0, 0.05) is 0 Å². The summed E-state index contributed by atoms with van der Waals surface area (Å²) in [7, 11) is 0. The first kappa shape index (κ1) is 16.1. The number of nitrogens with zero attached hydrogens (tertiary/aromatic N) is 2. The summed E-state index contributed by atoms with van der Waals surface area (Å²) in [5, 5.41) is 6.89. The summed E-state index contributed by atoms with van der Waals surface area (Å²) in [5.74, 6) is 0. The molecule has 0 amide bonds. The summed E-state index contributed by atoms with van der Waals surface area (Å²) in [4.78, 5) is 17.5. The van der Waals surface area contributed by atoms with E-state index in [1.807, 2.05) is 36.5 Å². The van der Waals surface area contributed by atoms with Crippen molar-refractivity contribution in [3.63, 3.8) is 0 Å². The molecule has 0 aliphatic carbocycles. The third-order valence-corrected chi connectivity index (χ3v) is 4.16. The third kappa shape index (κ3) is 4.11. The van der Waals surface area contributed by atoms with E-state index in [1.54, 1.807) is 0 Å². The van der Waals surface area contributed by atoms with Crippen LogP contribution >= 0.6 is 15.9 Å². The van der Waals surface area contributed by atoms with E-state index in [-0.39, 0.29) is 6.47 Å². The van der Waals surface area contributed by atoms with Crippen LogP contribution in [0, 0.1) is 0 Å². The molecule has 0 fully saturated rings. The molecule has 0 saturated carbocycles. The maximum atomic E-state index is 8.36. The molecule has 3 rings (SSSR count). The maximum absolute atomic E-state index is 8.36. The van der Waals surface area contributed by atoms with E-state index >= 15 is 0 Å². The number of carbonyl (C=O) groups is 1. The molecule has 0 spiro atoms. The number of fused-ring (bicyclic) bond motifs is 1. The fourth-order valence-corrected chi connectivity index (χ4v) is 2.85. The van der Waals surface area contributed by atoms with Crippen LogP contribution in [0.5, 0.6) is 0 Å². The second kappa shape index (κ2) is 7.66. The summed E-state index contributed by atoms with van der Waals surface area (Å²) >= 11 is 4.59. The van der Waals surface area contributed by atoms with Gasteiger partial charge in [-0.15, -0.1) is 0 Å². The Labute approximate surface area is 147 Å². The molecule has 0 unspecified atom stereocenters. The Hall–Kier alpha value is -1.27. The number of hydrogen-bond donors (Lipinski definition) is 1. The van der Waals surface area contributed by atoms with Crippen LogP contribution in [0.4, 0.5) is 0 Å². The molecule has 100 valence electrons. The normalized spacial score (nSPS) is 9.86. The molecule has 0 aliphatic rings. The Kier molecular flexibility index (Phi) is 5.87. The topological polar surface area (TPSA) is 63.1 Å². The number of carboxylic acid groups (broad SMARTS) is 1. The summed E-state index contributed by atoms with van der Waals surface area (Å²) in [5.41, 5.74) is 3.89. The molecule has 4 nitrogen and oxygen atoms in total. The number of rotatable bonds is 1. The van der Waals surface area contributed by atoms with Crippen molar-refractivity contribution in [1.29, 1.82) is 0 Å². The Morgan fingerprint density at radius 1 is 1.14 bits per heavy atom.